The molecule has 0 radical (unpaired) electrons. The summed E-state index contributed by atoms with van der Waals surface area (Å²) in [6, 6.07) is 22.8. The molecule has 0 fully saturated rings. The Hall–Kier alpha value is -3.83. The fraction of sp³-hybridized carbons (Fsp3) is 0.167. The summed E-state index contributed by atoms with van der Waals surface area (Å²) in [6.45, 7) is 20.8. The maximum Gasteiger partial charge on any atom is 0.0991 e. The van der Waals surface area contributed by atoms with Crippen LogP contribution in [0.5, 0.6) is 0 Å². The molecule has 0 saturated heterocycles. The highest BCUT2D eigenvalue weighted by Crippen LogP contribution is 2.37. The first-order valence-corrected chi connectivity index (χ1v) is 10.7. The molecule has 0 aliphatic heterocycles. The Morgan fingerprint density at radius 2 is 1.50 bits per heavy atom. The first kappa shape index (κ1) is 24.4. The summed E-state index contributed by atoms with van der Waals surface area (Å²) in [6.07, 6.45) is 5.30. The van der Waals surface area contributed by atoms with Crippen LogP contribution in [0.3, 0.4) is 0 Å². The molecule has 1 unspecified atom stereocenters. The largest absolute Gasteiger partial charge is 0.334 e. The van der Waals surface area contributed by atoms with Gasteiger partial charge in [0, 0.05) is 11.4 Å². The quantitative estimate of drug-likeness (QED) is 0.302. The molecule has 0 N–H and O–H groups in total. The van der Waals surface area contributed by atoms with E-state index in [1.54, 1.807) is 12.2 Å². The summed E-state index contributed by atoms with van der Waals surface area (Å²) in [5.74, 6) is 0. The minimum Gasteiger partial charge on any atom is -0.334 e. The van der Waals surface area contributed by atoms with Crippen molar-refractivity contribution >= 4 is 5.70 Å². The van der Waals surface area contributed by atoms with Crippen LogP contribution >= 0.6 is 0 Å². The molecular formula is C30H32N2. The van der Waals surface area contributed by atoms with Crippen molar-refractivity contribution in [1.29, 1.82) is 5.26 Å². The number of hydrogen-bond acceptors (Lipinski definition) is 2. The Bertz CT molecular complexity index is 1110. The van der Waals surface area contributed by atoms with Crippen LogP contribution in [0.1, 0.15) is 44.9 Å². The molecule has 2 nitrogen and oxygen atoms in total. The number of nitriles is 1. The zero-order chi connectivity index (χ0) is 23.7. The van der Waals surface area contributed by atoms with Gasteiger partial charge in [-0.25, -0.2) is 0 Å². The van der Waals surface area contributed by atoms with E-state index in [1.807, 2.05) is 44.2 Å². The number of benzene rings is 2. The molecule has 2 rings (SSSR count). The zero-order valence-corrected chi connectivity index (χ0v) is 19.6. The number of allylic oxidation sites excluding steroid dienone is 7. The molecule has 0 aliphatic carbocycles. The first-order chi connectivity index (χ1) is 15.3. The monoisotopic (exact) mass is 420 g/mol. The molecule has 162 valence electrons. The average Bonchev–Trinajstić information content (AvgIpc) is 2.82. The second-order valence-corrected chi connectivity index (χ2v) is 7.81. The van der Waals surface area contributed by atoms with Crippen LogP contribution in [0.4, 0.5) is 0 Å². The van der Waals surface area contributed by atoms with Crippen molar-refractivity contribution < 1.29 is 0 Å². The molecule has 2 aromatic rings. The van der Waals surface area contributed by atoms with Gasteiger partial charge in [0.15, 0.2) is 0 Å². The maximum atomic E-state index is 9.20. The Morgan fingerprint density at radius 3 is 2.00 bits per heavy atom. The highest BCUT2D eigenvalue weighted by Gasteiger charge is 2.24. The van der Waals surface area contributed by atoms with Gasteiger partial charge in [0.2, 0.25) is 0 Å². The Morgan fingerprint density at radius 1 is 0.938 bits per heavy atom. The van der Waals surface area contributed by atoms with Crippen LogP contribution in [0, 0.1) is 11.3 Å². The Balaban J connectivity index is 2.70. The van der Waals surface area contributed by atoms with E-state index < -0.39 is 0 Å². The summed E-state index contributed by atoms with van der Waals surface area (Å²) in [4.78, 5) is 2.27. The predicted octanol–water partition coefficient (Wildman–Crippen LogP) is 8.15. The summed E-state index contributed by atoms with van der Waals surface area (Å²) in [7, 11) is 0. The van der Waals surface area contributed by atoms with Crippen LogP contribution in [-0.4, -0.2) is 4.90 Å². The van der Waals surface area contributed by atoms with Crippen molar-refractivity contribution in [3.63, 3.8) is 0 Å². The van der Waals surface area contributed by atoms with E-state index in [-0.39, 0.29) is 6.04 Å². The van der Waals surface area contributed by atoms with E-state index in [0.29, 0.717) is 5.57 Å². The Kier molecular flexibility index (Phi) is 8.81. The molecule has 0 spiro atoms. The van der Waals surface area contributed by atoms with Gasteiger partial charge in [-0.15, -0.1) is 0 Å². The third-order valence-electron chi connectivity index (χ3n) is 5.52. The summed E-state index contributed by atoms with van der Waals surface area (Å²) < 4.78 is 0. The van der Waals surface area contributed by atoms with E-state index in [2.05, 4.69) is 81.0 Å². The minimum absolute atomic E-state index is 0.0387. The molecule has 0 saturated carbocycles. The summed E-state index contributed by atoms with van der Waals surface area (Å²) in [5.41, 5.74) is 7.78. The third-order valence-corrected chi connectivity index (χ3v) is 5.52. The molecule has 2 aromatic carbocycles. The third kappa shape index (κ3) is 5.86. The van der Waals surface area contributed by atoms with E-state index in [4.69, 9.17) is 0 Å². The fourth-order valence-corrected chi connectivity index (χ4v) is 3.60. The summed E-state index contributed by atoms with van der Waals surface area (Å²) >= 11 is 0. The highest BCUT2D eigenvalue weighted by atomic mass is 15.2. The molecule has 1 atom stereocenters. The van der Waals surface area contributed by atoms with Crippen LogP contribution < -0.4 is 0 Å². The smallest absolute Gasteiger partial charge is 0.0991 e. The molecule has 0 aliphatic rings. The zero-order valence-electron chi connectivity index (χ0n) is 19.6. The second kappa shape index (κ2) is 11.5. The van der Waals surface area contributed by atoms with Gasteiger partial charge in [0.25, 0.3) is 0 Å². The fourth-order valence-electron chi connectivity index (χ4n) is 3.60. The number of nitrogens with zero attached hydrogens (tertiary/aromatic N) is 2. The van der Waals surface area contributed by atoms with Gasteiger partial charge < -0.3 is 4.90 Å². The van der Waals surface area contributed by atoms with Gasteiger partial charge in [-0.3, -0.25) is 0 Å². The summed E-state index contributed by atoms with van der Waals surface area (Å²) in [5, 5.41) is 9.20. The van der Waals surface area contributed by atoms with Crippen LogP contribution in [-0.2, 0) is 0 Å². The molecule has 32 heavy (non-hydrogen) atoms. The van der Waals surface area contributed by atoms with E-state index in [0.717, 1.165) is 33.7 Å². The topological polar surface area (TPSA) is 27.0 Å². The van der Waals surface area contributed by atoms with Gasteiger partial charge in [0.1, 0.15) is 0 Å². The van der Waals surface area contributed by atoms with E-state index in [1.165, 1.54) is 5.56 Å². The van der Waals surface area contributed by atoms with Crippen molar-refractivity contribution in [1.82, 2.24) is 4.90 Å². The van der Waals surface area contributed by atoms with Gasteiger partial charge in [-0.1, -0.05) is 92.6 Å². The second-order valence-electron chi connectivity index (χ2n) is 7.81. The standard InChI is InChI=1S/C30H32N2/c1-8-27(21-31)20-19-23(4)24(5)30(22(2)3)32(25(6)28-15-11-9-12-16-28)26(7)29-17-13-10-14-18-29/h8-20,26H,1-2,6H2,3-5,7H3/b23-19+,27-20+,30-24+. The van der Waals surface area contributed by atoms with Crippen molar-refractivity contribution in [2.24, 2.45) is 0 Å². The highest BCUT2D eigenvalue weighted by molar-refractivity contribution is 5.66. The van der Waals surface area contributed by atoms with Gasteiger partial charge in [-0.05, 0) is 61.6 Å². The SMILES string of the molecule is C=C\C(C#N)=C/C=C(C)/C(C)=C(\C(=C)C)N(C(=C)c1ccccc1)C(C)c1ccccc1. The lowest BCUT2D eigenvalue weighted by atomic mass is 9.96. The molecule has 0 heterocycles. The molecule has 0 amide bonds. The number of rotatable bonds is 9. The number of hydrogen-bond donors (Lipinski definition) is 0. The van der Waals surface area contributed by atoms with Gasteiger partial charge in [-0.2, -0.15) is 5.26 Å². The van der Waals surface area contributed by atoms with Crippen LogP contribution in [0.15, 0.2) is 127 Å². The van der Waals surface area contributed by atoms with Crippen molar-refractivity contribution in [2.45, 2.75) is 33.7 Å². The van der Waals surface area contributed by atoms with Crippen LogP contribution in [0.25, 0.3) is 5.70 Å². The molecular weight excluding hydrogens is 388 g/mol. The molecule has 0 bridgehead atoms. The van der Waals surface area contributed by atoms with Crippen molar-refractivity contribution in [2.75, 3.05) is 0 Å². The lowest BCUT2D eigenvalue weighted by Crippen LogP contribution is -2.26. The maximum absolute atomic E-state index is 9.20. The van der Waals surface area contributed by atoms with E-state index in [9.17, 15) is 5.26 Å². The van der Waals surface area contributed by atoms with Gasteiger partial charge >= 0.3 is 0 Å². The predicted molar refractivity (Wildman–Crippen MR) is 137 cm³/mol. The van der Waals surface area contributed by atoms with Crippen molar-refractivity contribution in [3.05, 3.63) is 138 Å². The van der Waals surface area contributed by atoms with Crippen LogP contribution in [0.2, 0.25) is 0 Å². The lowest BCUT2D eigenvalue weighted by Gasteiger charge is -2.37. The van der Waals surface area contributed by atoms with E-state index >= 15 is 0 Å². The first-order valence-electron chi connectivity index (χ1n) is 10.7. The molecule has 0 aromatic heterocycles. The normalized spacial score (nSPS) is 13.5. The molecule has 2 heteroatoms. The van der Waals surface area contributed by atoms with Gasteiger partial charge in [0.05, 0.1) is 17.7 Å². The average molecular weight is 421 g/mol. The Labute approximate surface area is 193 Å². The minimum atomic E-state index is 0.0387. The lowest BCUT2D eigenvalue weighted by molar-refractivity contribution is 0.393. The van der Waals surface area contributed by atoms with Crippen molar-refractivity contribution in [3.8, 4) is 6.07 Å².